The number of esters is 1. The molecular weight excluding hydrogens is 242 g/mol. The van der Waals surface area contributed by atoms with Gasteiger partial charge in [-0.3, -0.25) is 4.99 Å². The molecule has 0 spiro atoms. The molecule has 0 saturated carbocycles. The summed E-state index contributed by atoms with van der Waals surface area (Å²) < 4.78 is 4.58. The first kappa shape index (κ1) is 12.8. The number of phenolic OH excluding ortho intramolecular Hbond substituents is 1. The van der Waals surface area contributed by atoms with Gasteiger partial charge in [0.25, 0.3) is 0 Å². The van der Waals surface area contributed by atoms with Crippen LogP contribution in [0.25, 0.3) is 0 Å². The average molecular weight is 255 g/mol. The average Bonchev–Trinajstić information content (AvgIpc) is 2.46. The van der Waals surface area contributed by atoms with Crippen LogP contribution in [0.15, 0.2) is 53.5 Å². The lowest BCUT2D eigenvalue weighted by molar-refractivity contribution is 0.0597. The Morgan fingerprint density at radius 3 is 2.58 bits per heavy atom. The number of benzene rings is 2. The normalized spacial score (nSPS) is 10.6. The summed E-state index contributed by atoms with van der Waals surface area (Å²) >= 11 is 0. The monoisotopic (exact) mass is 255 g/mol. The molecule has 96 valence electrons. The summed E-state index contributed by atoms with van der Waals surface area (Å²) in [5.74, 6) is -0.768. The summed E-state index contributed by atoms with van der Waals surface area (Å²) in [7, 11) is 1.27. The maximum Gasteiger partial charge on any atom is 0.341 e. The van der Waals surface area contributed by atoms with Crippen molar-refractivity contribution in [2.45, 2.75) is 0 Å². The predicted molar refractivity (Wildman–Crippen MR) is 73.1 cm³/mol. The van der Waals surface area contributed by atoms with Gasteiger partial charge >= 0.3 is 5.97 Å². The van der Waals surface area contributed by atoms with Crippen LogP contribution in [0.3, 0.4) is 0 Å². The lowest BCUT2D eigenvalue weighted by Crippen LogP contribution is -2.01. The highest BCUT2D eigenvalue weighted by molar-refractivity contribution is 5.95. The summed E-state index contributed by atoms with van der Waals surface area (Å²) in [6.07, 6.45) is 1.62. The molecule has 2 aromatic carbocycles. The fourth-order valence-electron chi connectivity index (χ4n) is 1.59. The van der Waals surface area contributed by atoms with E-state index < -0.39 is 5.97 Å². The van der Waals surface area contributed by atoms with Gasteiger partial charge in [-0.15, -0.1) is 0 Å². The first-order valence-electron chi connectivity index (χ1n) is 5.72. The second kappa shape index (κ2) is 5.82. The summed E-state index contributed by atoms with van der Waals surface area (Å²) in [5, 5.41) is 9.95. The zero-order chi connectivity index (χ0) is 13.7. The maximum absolute atomic E-state index is 11.4. The van der Waals surface area contributed by atoms with Crippen LogP contribution >= 0.6 is 0 Å². The molecule has 0 bridgehead atoms. The van der Waals surface area contributed by atoms with Crippen molar-refractivity contribution in [3.05, 3.63) is 59.7 Å². The molecule has 0 aliphatic rings. The topological polar surface area (TPSA) is 58.9 Å². The largest absolute Gasteiger partial charge is 0.505 e. The molecule has 0 radical (unpaired) electrons. The van der Waals surface area contributed by atoms with Crippen molar-refractivity contribution in [3.63, 3.8) is 0 Å². The molecule has 0 saturated heterocycles. The van der Waals surface area contributed by atoms with Crippen LogP contribution < -0.4 is 0 Å². The Morgan fingerprint density at radius 2 is 1.89 bits per heavy atom. The molecule has 0 atom stereocenters. The third kappa shape index (κ3) is 2.98. The van der Waals surface area contributed by atoms with Crippen molar-refractivity contribution in [1.29, 1.82) is 0 Å². The van der Waals surface area contributed by atoms with Crippen LogP contribution in [0.1, 0.15) is 15.9 Å². The van der Waals surface area contributed by atoms with E-state index in [1.54, 1.807) is 18.3 Å². The fourth-order valence-corrected chi connectivity index (χ4v) is 1.59. The summed E-state index contributed by atoms with van der Waals surface area (Å²) in [4.78, 5) is 15.6. The van der Waals surface area contributed by atoms with Gasteiger partial charge in [0.05, 0.1) is 7.11 Å². The number of para-hydroxylation sites is 1. The Bertz CT molecular complexity index is 606. The Labute approximate surface area is 111 Å². The molecular formula is C15H13NO3. The van der Waals surface area contributed by atoms with E-state index in [1.807, 2.05) is 30.3 Å². The van der Waals surface area contributed by atoms with Crippen LogP contribution in [0.4, 0.5) is 5.69 Å². The van der Waals surface area contributed by atoms with Crippen LogP contribution in [0.2, 0.25) is 0 Å². The molecule has 0 unspecified atom stereocenters. The van der Waals surface area contributed by atoms with Crippen molar-refractivity contribution < 1.29 is 14.6 Å². The number of carbonyl (C=O) groups is 1. The van der Waals surface area contributed by atoms with Crippen LogP contribution in [-0.4, -0.2) is 24.4 Å². The van der Waals surface area contributed by atoms with Crippen molar-refractivity contribution in [2.24, 2.45) is 4.99 Å². The van der Waals surface area contributed by atoms with Crippen LogP contribution in [0, 0.1) is 0 Å². The van der Waals surface area contributed by atoms with Crippen LogP contribution in [0.5, 0.6) is 5.75 Å². The van der Waals surface area contributed by atoms with Gasteiger partial charge in [0.1, 0.15) is 11.3 Å². The molecule has 4 heteroatoms. The number of hydrogen-bond donors (Lipinski definition) is 1. The van der Waals surface area contributed by atoms with E-state index in [9.17, 15) is 9.90 Å². The Hall–Kier alpha value is -2.62. The first-order chi connectivity index (χ1) is 9.22. The van der Waals surface area contributed by atoms with Crippen molar-refractivity contribution >= 4 is 17.9 Å². The predicted octanol–water partition coefficient (Wildman–Crippen LogP) is 2.93. The first-order valence-corrected chi connectivity index (χ1v) is 5.72. The van der Waals surface area contributed by atoms with Crippen molar-refractivity contribution in [1.82, 2.24) is 0 Å². The van der Waals surface area contributed by atoms with Gasteiger partial charge in [-0.2, -0.15) is 0 Å². The van der Waals surface area contributed by atoms with E-state index in [1.165, 1.54) is 13.2 Å². The van der Waals surface area contributed by atoms with E-state index in [0.29, 0.717) is 5.69 Å². The molecule has 1 N–H and O–H groups in total. The Morgan fingerprint density at radius 1 is 1.16 bits per heavy atom. The molecule has 2 aromatic rings. The van der Waals surface area contributed by atoms with Gasteiger partial charge in [0.15, 0.2) is 5.75 Å². The molecule has 0 aliphatic carbocycles. The second-order valence-electron chi connectivity index (χ2n) is 3.83. The number of ether oxygens (including phenoxy) is 1. The number of methoxy groups -OCH3 is 1. The van der Waals surface area contributed by atoms with Gasteiger partial charge in [-0.1, -0.05) is 36.4 Å². The van der Waals surface area contributed by atoms with Gasteiger partial charge in [-0.05, 0) is 17.7 Å². The molecule has 0 fully saturated rings. The van der Waals surface area contributed by atoms with Crippen molar-refractivity contribution in [3.8, 4) is 5.75 Å². The lowest BCUT2D eigenvalue weighted by atomic mass is 10.1. The van der Waals surface area contributed by atoms with E-state index in [0.717, 1.165) is 5.56 Å². The maximum atomic E-state index is 11.4. The van der Waals surface area contributed by atoms with E-state index in [-0.39, 0.29) is 11.3 Å². The second-order valence-corrected chi connectivity index (χ2v) is 3.83. The molecule has 0 heterocycles. The minimum atomic E-state index is -0.589. The summed E-state index contributed by atoms with van der Waals surface area (Å²) in [6, 6.07) is 14.2. The zero-order valence-electron chi connectivity index (χ0n) is 10.4. The highest BCUT2D eigenvalue weighted by atomic mass is 16.5. The summed E-state index contributed by atoms with van der Waals surface area (Å²) in [6.45, 7) is 0. The number of phenols is 1. The molecule has 19 heavy (non-hydrogen) atoms. The fraction of sp³-hybridized carbons (Fsp3) is 0.0667. The number of nitrogens with zero attached hydrogens (tertiary/aromatic N) is 1. The molecule has 4 nitrogen and oxygen atoms in total. The quantitative estimate of drug-likeness (QED) is 0.677. The van der Waals surface area contributed by atoms with Gasteiger partial charge < -0.3 is 9.84 Å². The van der Waals surface area contributed by atoms with Crippen LogP contribution in [-0.2, 0) is 4.74 Å². The van der Waals surface area contributed by atoms with Gasteiger partial charge in [0.2, 0.25) is 0 Å². The van der Waals surface area contributed by atoms with Crippen molar-refractivity contribution in [2.75, 3.05) is 7.11 Å². The van der Waals surface area contributed by atoms with E-state index in [2.05, 4.69) is 9.73 Å². The number of aliphatic imine (C=N–C) groups is 1. The molecule has 0 aliphatic heterocycles. The summed E-state index contributed by atoms with van der Waals surface area (Å²) in [5.41, 5.74) is 1.34. The lowest BCUT2D eigenvalue weighted by Gasteiger charge is -2.04. The molecule has 0 aromatic heterocycles. The standard InChI is InChI=1S/C15H13NO3/c1-19-15(18)12-8-5-9-13(14(12)17)16-10-11-6-3-2-4-7-11/h2-10,17H,1H3. The number of carbonyl (C=O) groups excluding carboxylic acids is 1. The third-order valence-corrected chi connectivity index (χ3v) is 2.57. The highest BCUT2D eigenvalue weighted by Crippen LogP contribution is 2.30. The van der Waals surface area contributed by atoms with E-state index >= 15 is 0 Å². The zero-order valence-corrected chi connectivity index (χ0v) is 10.4. The number of rotatable bonds is 3. The smallest absolute Gasteiger partial charge is 0.341 e. The number of aromatic hydroxyl groups is 1. The highest BCUT2D eigenvalue weighted by Gasteiger charge is 2.13. The van der Waals surface area contributed by atoms with E-state index in [4.69, 9.17) is 0 Å². The molecule has 0 amide bonds. The molecule has 2 rings (SSSR count). The third-order valence-electron chi connectivity index (χ3n) is 2.57. The minimum Gasteiger partial charge on any atom is -0.505 e. The number of hydrogen-bond acceptors (Lipinski definition) is 4. The van der Waals surface area contributed by atoms with Gasteiger partial charge in [-0.25, -0.2) is 4.79 Å². The minimum absolute atomic E-state index is 0.102. The van der Waals surface area contributed by atoms with Gasteiger partial charge in [0, 0.05) is 6.21 Å². The SMILES string of the molecule is COC(=O)c1cccc(N=Cc2ccccc2)c1O. The Balaban J connectivity index is 2.31. The Kier molecular flexibility index (Phi) is 3.93.